The van der Waals surface area contributed by atoms with Crippen molar-refractivity contribution < 1.29 is 4.58 Å². The van der Waals surface area contributed by atoms with Crippen molar-refractivity contribution in [1.29, 1.82) is 0 Å². The van der Waals surface area contributed by atoms with Gasteiger partial charge in [0, 0.05) is 47.0 Å². The number of para-hydroxylation sites is 2. The minimum absolute atomic E-state index is 0.0752. The van der Waals surface area contributed by atoms with Crippen LogP contribution in [0.5, 0.6) is 0 Å². The number of aromatic nitrogens is 1. The highest BCUT2D eigenvalue weighted by atomic mass is 15.4. The topological polar surface area (TPSA) is 23.5 Å². The number of hydrogen-bond donors (Lipinski definition) is 0. The second kappa shape index (κ2) is 7.09. The lowest BCUT2D eigenvalue weighted by atomic mass is 9.82. The fourth-order valence-electron chi connectivity index (χ4n) is 5.02. The Balaban J connectivity index is 1.53. The van der Waals surface area contributed by atoms with E-state index >= 15 is 0 Å². The molecule has 0 unspecified atom stereocenters. The van der Waals surface area contributed by atoms with Crippen molar-refractivity contribution in [3.8, 4) is 0 Å². The molecule has 2 heterocycles. The summed E-state index contributed by atoms with van der Waals surface area (Å²) in [6.07, 6.45) is 2.01. The lowest BCUT2D eigenvalue weighted by Crippen LogP contribution is -2.30. The van der Waals surface area contributed by atoms with Gasteiger partial charge < -0.3 is 4.57 Å². The molecule has 1 aromatic heterocycles. The fraction of sp³-hybridized carbons (Fsp3) is 0.259. The van der Waals surface area contributed by atoms with E-state index in [1.54, 1.807) is 0 Å². The van der Waals surface area contributed by atoms with E-state index in [9.17, 15) is 0 Å². The smallest absolute Gasteiger partial charge is 0.212 e. The molecule has 0 fully saturated rings. The molecule has 0 saturated heterocycles. The predicted molar refractivity (Wildman–Crippen MR) is 132 cm³/mol. The summed E-state index contributed by atoms with van der Waals surface area (Å²) < 4.78 is 4.63. The number of rotatable bonds is 4. The number of hydrazone groups is 1. The molecule has 0 N–H and O–H groups in total. The van der Waals surface area contributed by atoms with Crippen LogP contribution in [-0.2, 0) is 12.0 Å². The number of fused-ring (bicyclic) bond motifs is 4. The first kappa shape index (κ1) is 19.6. The number of benzene rings is 3. The zero-order valence-corrected chi connectivity index (χ0v) is 18.9. The van der Waals surface area contributed by atoms with Gasteiger partial charge in [-0.3, -0.25) is 5.01 Å². The van der Waals surface area contributed by atoms with Gasteiger partial charge >= 0.3 is 0 Å². The van der Waals surface area contributed by atoms with Crippen LogP contribution in [0.4, 0.5) is 11.4 Å². The van der Waals surface area contributed by atoms with Gasteiger partial charge in [0.2, 0.25) is 11.4 Å². The highest BCUT2D eigenvalue weighted by molar-refractivity contribution is 6.33. The monoisotopic (exact) mass is 409 g/mol. The van der Waals surface area contributed by atoms with Crippen molar-refractivity contribution >= 4 is 45.1 Å². The van der Waals surface area contributed by atoms with Crippen LogP contribution < -0.4 is 5.01 Å². The van der Waals surface area contributed by atoms with E-state index in [0.29, 0.717) is 0 Å². The summed E-state index contributed by atoms with van der Waals surface area (Å²) in [4.78, 5) is 0. The normalized spacial score (nSPS) is 15.4. The van der Waals surface area contributed by atoms with Crippen LogP contribution in [0.25, 0.3) is 21.8 Å². The third-order valence-electron chi connectivity index (χ3n) is 6.74. The van der Waals surface area contributed by atoms with E-state index in [2.05, 4.69) is 104 Å². The third-order valence-corrected chi connectivity index (χ3v) is 6.74. The lowest BCUT2D eigenvalue weighted by molar-refractivity contribution is -0.400. The standard InChI is InChI=1S/C27H29N4/c1-6-31-23-13-9-7-11-20(23)21-17-19(15-16-24(21)31)30(5)28-18-26-27(2,3)22-12-8-10-14-25(22)29(26)4/h7-18H,6H2,1-5H3/q+1. The maximum Gasteiger partial charge on any atom is 0.212 e. The van der Waals surface area contributed by atoms with Crippen LogP contribution in [0.2, 0.25) is 0 Å². The van der Waals surface area contributed by atoms with Crippen LogP contribution in [0.1, 0.15) is 26.3 Å². The van der Waals surface area contributed by atoms with Crippen molar-refractivity contribution in [2.24, 2.45) is 5.10 Å². The van der Waals surface area contributed by atoms with E-state index in [0.717, 1.165) is 12.2 Å². The van der Waals surface area contributed by atoms with Gasteiger partial charge in [0.1, 0.15) is 13.3 Å². The summed E-state index contributed by atoms with van der Waals surface area (Å²) in [7, 11) is 4.15. The Labute approximate surface area is 183 Å². The summed E-state index contributed by atoms with van der Waals surface area (Å²) in [5.41, 5.74) is 7.36. The van der Waals surface area contributed by atoms with Crippen LogP contribution in [0.3, 0.4) is 0 Å². The zero-order valence-electron chi connectivity index (χ0n) is 18.9. The van der Waals surface area contributed by atoms with Gasteiger partial charge in [0.05, 0.1) is 11.1 Å². The zero-order chi connectivity index (χ0) is 21.8. The van der Waals surface area contributed by atoms with Crippen LogP contribution >= 0.6 is 0 Å². The third kappa shape index (κ3) is 2.89. The van der Waals surface area contributed by atoms with E-state index in [-0.39, 0.29) is 5.41 Å². The van der Waals surface area contributed by atoms with Gasteiger partial charge in [-0.15, -0.1) is 0 Å². The molecule has 4 aromatic rings. The first-order chi connectivity index (χ1) is 14.9. The predicted octanol–water partition coefficient (Wildman–Crippen LogP) is 5.94. The highest BCUT2D eigenvalue weighted by Crippen LogP contribution is 2.38. The summed E-state index contributed by atoms with van der Waals surface area (Å²) in [5, 5.41) is 9.38. The average Bonchev–Trinajstić information content (AvgIpc) is 3.21. The molecule has 4 nitrogen and oxygen atoms in total. The maximum atomic E-state index is 4.84. The summed E-state index contributed by atoms with van der Waals surface area (Å²) in [6, 6.07) is 23.9. The first-order valence-corrected chi connectivity index (χ1v) is 10.9. The van der Waals surface area contributed by atoms with Crippen molar-refractivity contribution in [2.45, 2.75) is 32.7 Å². The quantitative estimate of drug-likeness (QED) is 0.232. The number of nitrogens with zero attached hydrogens (tertiary/aromatic N) is 4. The number of anilines is 1. The highest BCUT2D eigenvalue weighted by Gasteiger charge is 2.43. The molecule has 0 radical (unpaired) electrons. The van der Waals surface area contributed by atoms with Crippen molar-refractivity contribution in [1.82, 2.24) is 4.57 Å². The molecular weight excluding hydrogens is 380 g/mol. The van der Waals surface area contributed by atoms with Crippen LogP contribution in [0.15, 0.2) is 71.8 Å². The Hall–Kier alpha value is -3.40. The summed E-state index contributed by atoms with van der Waals surface area (Å²) in [5.74, 6) is 0. The first-order valence-electron chi connectivity index (χ1n) is 10.9. The minimum atomic E-state index is -0.0752. The van der Waals surface area contributed by atoms with E-state index in [1.807, 2.05) is 18.3 Å². The van der Waals surface area contributed by atoms with Gasteiger partial charge in [-0.05, 0) is 45.0 Å². The molecule has 0 spiro atoms. The molecule has 0 aliphatic carbocycles. The molecule has 0 atom stereocenters. The molecule has 4 heteroatoms. The van der Waals surface area contributed by atoms with Crippen molar-refractivity contribution in [3.63, 3.8) is 0 Å². The van der Waals surface area contributed by atoms with Crippen molar-refractivity contribution in [3.05, 3.63) is 72.3 Å². The Kier molecular flexibility index (Phi) is 4.47. The molecule has 0 amide bonds. The molecule has 5 rings (SSSR count). The van der Waals surface area contributed by atoms with Crippen LogP contribution in [0, 0.1) is 0 Å². The number of hydrogen-bond acceptors (Lipinski definition) is 2. The summed E-state index contributed by atoms with van der Waals surface area (Å²) >= 11 is 0. The Morgan fingerprint density at radius 1 is 0.968 bits per heavy atom. The van der Waals surface area contributed by atoms with E-state index < -0.39 is 0 Å². The van der Waals surface area contributed by atoms with Gasteiger partial charge in [0.15, 0.2) is 0 Å². The second-order valence-corrected chi connectivity index (χ2v) is 8.82. The van der Waals surface area contributed by atoms with Crippen LogP contribution in [-0.4, -0.2) is 35.2 Å². The van der Waals surface area contributed by atoms with E-state index in [4.69, 9.17) is 5.10 Å². The fourth-order valence-corrected chi connectivity index (χ4v) is 5.02. The van der Waals surface area contributed by atoms with Gasteiger partial charge in [-0.1, -0.05) is 36.4 Å². The molecule has 0 bridgehead atoms. The van der Waals surface area contributed by atoms with Gasteiger partial charge in [-0.25, -0.2) is 0 Å². The van der Waals surface area contributed by atoms with Crippen molar-refractivity contribution in [2.75, 3.05) is 19.1 Å². The lowest BCUT2D eigenvalue weighted by Gasteiger charge is -2.17. The molecule has 31 heavy (non-hydrogen) atoms. The Morgan fingerprint density at radius 2 is 1.68 bits per heavy atom. The number of aryl methyl sites for hydroxylation is 1. The Bertz CT molecular complexity index is 1370. The minimum Gasteiger partial charge on any atom is -0.341 e. The molecular formula is C27H29N4+. The molecule has 156 valence electrons. The van der Waals surface area contributed by atoms with Gasteiger partial charge in [0.25, 0.3) is 0 Å². The maximum absolute atomic E-state index is 4.84. The Morgan fingerprint density at radius 3 is 2.45 bits per heavy atom. The SMILES string of the molecule is CCn1c2ccccc2c2cc(N(C)N=CC3=[N+](C)c4ccccc4C3(C)C)ccc21. The largest absolute Gasteiger partial charge is 0.341 e. The molecule has 0 saturated carbocycles. The average molecular weight is 410 g/mol. The van der Waals surface area contributed by atoms with E-state index in [1.165, 1.54) is 38.8 Å². The molecule has 1 aliphatic rings. The molecule has 1 aliphatic heterocycles. The summed E-state index contributed by atoms with van der Waals surface area (Å²) in [6.45, 7) is 7.69. The second-order valence-electron chi connectivity index (χ2n) is 8.82. The van der Waals surface area contributed by atoms with Gasteiger partial charge in [-0.2, -0.15) is 9.68 Å². The molecule has 3 aromatic carbocycles.